The minimum Gasteiger partial charge on any atom is -0.469 e. The van der Waals surface area contributed by atoms with Gasteiger partial charge in [0.2, 0.25) is 0 Å². The lowest BCUT2D eigenvalue weighted by Gasteiger charge is -2.07. The molecule has 1 N–H and O–H groups in total. The van der Waals surface area contributed by atoms with Crippen molar-refractivity contribution >= 4 is 51.3 Å². The third-order valence-corrected chi connectivity index (χ3v) is 4.38. The normalized spacial score (nSPS) is 10.5. The molecule has 4 nitrogen and oxygen atoms in total. The Kier molecular flexibility index (Phi) is 5.45. The number of benzene rings is 1. The number of aryl methyl sites for hydroxylation is 2. The van der Waals surface area contributed by atoms with Gasteiger partial charge in [-0.15, -0.1) is 11.3 Å². The van der Waals surface area contributed by atoms with Crippen molar-refractivity contribution in [1.29, 1.82) is 0 Å². The van der Waals surface area contributed by atoms with Crippen LogP contribution in [0.2, 0.25) is 10.0 Å². The predicted octanol–water partition coefficient (Wildman–Crippen LogP) is 4.61. The highest BCUT2D eigenvalue weighted by atomic mass is 35.5. The molecule has 0 saturated carbocycles. The van der Waals surface area contributed by atoms with Crippen LogP contribution in [0, 0.1) is 6.92 Å². The van der Waals surface area contributed by atoms with Crippen LogP contribution < -0.4 is 5.32 Å². The molecule has 0 amide bonds. The average molecular weight is 345 g/mol. The Labute approximate surface area is 137 Å². The molecule has 0 aliphatic carbocycles. The van der Waals surface area contributed by atoms with E-state index in [-0.39, 0.29) is 5.97 Å². The molecular weight excluding hydrogens is 331 g/mol. The standard InChI is InChI=1S/C14H14Cl2N2O2S/c1-8-5-11(16)12(6-10(8)15)18-14-17-9(7-21-14)3-4-13(19)20-2/h5-7H,3-4H2,1-2H3,(H,17,18). The number of nitrogens with one attached hydrogen (secondary N) is 1. The van der Waals surface area contributed by atoms with Crippen molar-refractivity contribution in [2.45, 2.75) is 19.8 Å². The van der Waals surface area contributed by atoms with Crippen molar-refractivity contribution in [1.82, 2.24) is 4.98 Å². The van der Waals surface area contributed by atoms with Crippen LogP contribution in [-0.4, -0.2) is 18.1 Å². The van der Waals surface area contributed by atoms with Crippen molar-refractivity contribution in [3.8, 4) is 0 Å². The molecule has 2 rings (SSSR count). The number of thiazole rings is 1. The highest BCUT2D eigenvalue weighted by molar-refractivity contribution is 7.13. The SMILES string of the molecule is COC(=O)CCc1csc(Nc2cc(Cl)c(C)cc2Cl)n1. The Hall–Kier alpha value is -1.30. The molecule has 0 unspecified atom stereocenters. The summed E-state index contributed by atoms with van der Waals surface area (Å²) in [6.07, 6.45) is 0.865. The summed E-state index contributed by atoms with van der Waals surface area (Å²) in [4.78, 5) is 15.5. The lowest BCUT2D eigenvalue weighted by atomic mass is 10.2. The van der Waals surface area contributed by atoms with Crippen molar-refractivity contribution < 1.29 is 9.53 Å². The third-order valence-electron chi connectivity index (χ3n) is 2.85. The van der Waals surface area contributed by atoms with E-state index in [1.807, 2.05) is 12.3 Å². The molecule has 7 heteroatoms. The first-order valence-electron chi connectivity index (χ1n) is 6.23. The van der Waals surface area contributed by atoms with Crippen LogP contribution in [0.1, 0.15) is 17.7 Å². The average Bonchev–Trinajstić information content (AvgIpc) is 2.89. The number of methoxy groups -OCH3 is 1. The van der Waals surface area contributed by atoms with E-state index in [0.29, 0.717) is 33.7 Å². The maximum absolute atomic E-state index is 11.1. The van der Waals surface area contributed by atoms with Crippen molar-refractivity contribution in [3.05, 3.63) is 38.8 Å². The summed E-state index contributed by atoms with van der Waals surface area (Å²) in [5.74, 6) is -0.245. The number of carbonyl (C=O) groups is 1. The lowest BCUT2D eigenvalue weighted by Crippen LogP contribution is -2.02. The van der Waals surface area contributed by atoms with E-state index in [9.17, 15) is 4.79 Å². The highest BCUT2D eigenvalue weighted by Crippen LogP contribution is 2.32. The Morgan fingerprint density at radius 2 is 2.14 bits per heavy atom. The van der Waals surface area contributed by atoms with Gasteiger partial charge in [0.05, 0.1) is 29.9 Å². The fraction of sp³-hybridized carbons (Fsp3) is 0.286. The van der Waals surface area contributed by atoms with Gasteiger partial charge in [0.1, 0.15) is 0 Å². The monoisotopic (exact) mass is 344 g/mol. The number of halogens is 2. The smallest absolute Gasteiger partial charge is 0.305 e. The number of esters is 1. The number of rotatable bonds is 5. The quantitative estimate of drug-likeness (QED) is 0.804. The van der Waals surface area contributed by atoms with Gasteiger partial charge in [-0.2, -0.15) is 0 Å². The van der Waals surface area contributed by atoms with Crippen molar-refractivity contribution in [2.24, 2.45) is 0 Å². The summed E-state index contributed by atoms with van der Waals surface area (Å²) in [6, 6.07) is 3.58. The Bertz CT molecular complexity index is 658. The molecule has 1 heterocycles. The molecule has 0 saturated heterocycles. The summed E-state index contributed by atoms with van der Waals surface area (Å²) < 4.78 is 4.60. The number of anilines is 2. The van der Waals surface area contributed by atoms with Crippen LogP contribution in [0.25, 0.3) is 0 Å². The first kappa shape index (κ1) is 16.1. The molecule has 112 valence electrons. The van der Waals surface area contributed by atoms with Gasteiger partial charge in [-0.05, 0) is 24.6 Å². The van der Waals surface area contributed by atoms with Gasteiger partial charge in [0.25, 0.3) is 0 Å². The second-order valence-corrected chi connectivity index (χ2v) is 6.10. The van der Waals surface area contributed by atoms with Gasteiger partial charge in [0.15, 0.2) is 5.13 Å². The Balaban J connectivity index is 2.06. The van der Waals surface area contributed by atoms with Gasteiger partial charge in [-0.1, -0.05) is 23.2 Å². The maximum atomic E-state index is 11.1. The Morgan fingerprint density at radius 1 is 1.38 bits per heavy atom. The number of nitrogens with zero attached hydrogens (tertiary/aromatic N) is 1. The first-order chi connectivity index (χ1) is 9.99. The molecule has 0 aliphatic heterocycles. The van der Waals surface area contributed by atoms with Crippen LogP contribution in [0.4, 0.5) is 10.8 Å². The molecule has 0 bridgehead atoms. The van der Waals surface area contributed by atoms with Gasteiger partial charge < -0.3 is 10.1 Å². The van der Waals surface area contributed by atoms with Crippen LogP contribution in [0.3, 0.4) is 0 Å². The number of carbonyl (C=O) groups excluding carboxylic acids is 1. The maximum Gasteiger partial charge on any atom is 0.305 e. The number of hydrogen-bond acceptors (Lipinski definition) is 5. The van der Waals surface area contributed by atoms with Gasteiger partial charge in [-0.25, -0.2) is 4.98 Å². The van der Waals surface area contributed by atoms with Gasteiger partial charge >= 0.3 is 5.97 Å². The van der Waals surface area contributed by atoms with E-state index in [2.05, 4.69) is 15.0 Å². The molecule has 0 fully saturated rings. The van der Waals surface area contributed by atoms with Crippen LogP contribution in [-0.2, 0) is 16.0 Å². The van der Waals surface area contributed by atoms with E-state index in [1.54, 1.807) is 12.1 Å². The zero-order chi connectivity index (χ0) is 15.4. The number of aromatic nitrogens is 1. The summed E-state index contributed by atoms with van der Waals surface area (Å²) in [7, 11) is 1.37. The largest absolute Gasteiger partial charge is 0.469 e. The number of hydrogen-bond donors (Lipinski definition) is 1. The predicted molar refractivity (Wildman–Crippen MR) is 86.9 cm³/mol. The van der Waals surface area contributed by atoms with E-state index in [1.165, 1.54) is 18.4 Å². The summed E-state index contributed by atoms with van der Waals surface area (Å²) >= 11 is 13.7. The zero-order valence-corrected chi connectivity index (χ0v) is 13.9. The van der Waals surface area contributed by atoms with Gasteiger partial charge in [0, 0.05) is 16.8 Å². The third kappa shape index (κ3) is 4.33. The Morgan fingerprint density at radius 3 is 2.86 bits per heavy atom. The highest BCUT2D eigenvalue weighted by Gasteiger charge is 2.09. The van der Waals surface area contributed by atoms with Crippen LogP contribution in [0.15, 0.2) is 17.5 Å². The summed E-state index contributed by atoms with van der Waals surface area (Å²) in [5, 5.41) is 6.97. The molecule has 1 aromatic heterocycles. The van der Waals surface area contributed by atoms with Crippen molar-refractivity contribution in [2.75, 3.05) is 12.4 Å². The minimum atomic E-state index is -0.245. The zero-order valence-electron chi connectivity index (χ0n) is 11.6. The fourth-order valence-electron chi connectivity index (χ4n) is 1.67. The van der Waals surface area contributed by atoms with Crippen molar-refractivity contribution in [3.63, 3.8) is 0 Å². The van der Waals surface area contributed by atoms with E-state index in [0.717, 1.165) is 11.3 Å². The fourth-order valence-corrected chi connectivity index (χ4v) is 2.85. The van der Waals surface area contributed by atoms with E-state index >= 15 is 0 Å². The minimum absolute atomic E-state index is 0.245. The lowest BCUT2D eigenvalue weighted by molar-refractivity contribution is -0.140. The molecule has 0 spiro atoms. The molecular formula is C14H14Cl2N2O2S. The molecule has 2 aromatic rings. The molecule has 21 heavy (non-hydrogen) atoms. The second kappa shape index (κ2) is 7.11. The molecule has 0 radical (unpaired) electrons. The molecule has 1 aromatic carbocycles. The molecule has 0 atom stereocenters. The van der Waals surface area contributed by atoms with Crippen LogP contribution in [0.5, 0.6) is 0 Å². The van der Waals surface area contributed by atoms with Crippen LogP contribution >= 0.6 is 34.5 Å². The first-order valence-corrected chi connectivity index (χ1v) is 7.87. The van der Waals surface area contributed by atoms with E-state index < -0.39 is 0 Å². The topological polar surface area (TPSA) is 51.2 Å². The summed E-state index contributed by atoms with van der Waals surface area (Å²) in [6.45, 7) is 1.90. The van der Waals surface area contributed by atoms with Gasteiger partial charge in [-0.3, -0.25) is 4.79 Å². The second-order valence-electron chi connectivity index (χ2n) is 4.43. The number of ether oxygens (including phenoxy) is 1. The van der Waals surface area contributed by atoms with E-state index in [4.69, 9.17) is 23.2 Å². The summed E-state index contributed by atoms with van der Waals surface area (Å²) in [5.41, 5.74) is 2.47. The molecule has 0 aliphatic rings.